The van der Waals surface area contributed by atoms with Crippen LogP contribution < -0.4 is 5.32 Å². The number of amides is 1. The normalized spacial score (nSPS) is 14.3. The fourth-order valence-electron chi connectivity index (χ4n) is 7.07. The number of aliphatic hydroxyl groups excluding tert-OH is 2. The van der Waals surface area contributed by atoms with Crippen molar-refractivity contribution in [2.45, 2.75) is 225 Å². The van der Waals surface area contributed by atoms with Crippen molar-refractivity contribution < 1.29 is 24.5 Å². The van der Waals surface area contributed by atoms with Crippen LogP contribution in [0, 0.1) is 0 Å². The van der Waals surface area contributed by atoms with Crippen LogP contribution >= 0.6 is 0 Å². The molecule has 6 heteroatoms. The molecule has 0 aliphatic carbocycles. The molecule has 3 atom stereocenters. The van der Waals surface area contributed by atoms with Gasteiger partial charge in [0.15, 0.2) is 0 Å². The number of nitrogens with one attached hydrogen (secondary N) is 1. The van der Waals surface area contributed by atoms with Crippen LogP contribution in [0.3, 0.4) is 0 Å². The molecule has 362 valence electrons. The van der Waals surface area contributed by atoms with E-state index in [4.69, 9.17) is 4.74 Å². The maximum Gasteiger partial charge on any atom is 0.306 e. The number of unbranched alkanes of at least 4 members (excludes halogenated alkanes) is 16. The van der Waals surface area contributed by atoms with E-state index in [1.54, 1.807) is 0 Å². The van der Waals surface area contributed by atoms with E-state index in [2.05, 4.69) is 105 Å². The van der Waals surface area contributed by atoms with E-state index in [0.717, 1.165) is 96.3 Å². The summed E-state index contributed by atoms with van der Waals surface area (Å²) in [5.41, 5.74) is 0. The van der Waals surface area contributed by atoms with E-state index in [9.17, 15) is 19.8 Å². The molecule has 0 bridgehead atoms. The molecule has 0 fully saturated rings. The second-order valence-electron chi connectivity index (χ2n) is 16.9. The number of ether oxygens (including phenoxy) is 1. The molecular formula is C58H95NO5. The standard InChI is InChI=1S/C58H95NO5/c1-4-7-10-13-16-19-22-25-27-28-30-32-34-37-40-43-46-49-54(64-58(63)51-48-45-42-39-36-33-29-26-23-20-17-14-11-8-5-2)52-57(62)59-55(53-60)56(61)50-47-44-41-38-35-31-24-21-18-15-12-9-6-3/h7-8,10-11,14,16-17,19-20,23,25-27,29-30,32-33,36-37,40,54-56,60-61H,4-6,9,12-13,15,18,21-22,24,28,31,34-35,38-39,41-53H2,1-3H3,(H,59,62)/b10-7-,11-8+,17-14+,19-16-,23-20-,27-25-,29-26-,32-30-,36-33+,40-37-. The lowest BCUT2D eigenvalue weighted by Crippen LogP contribution is -2.46. The highest BCUT2D eigenvalue weighted by Crippen LogP contribution is 2.16. The molecule has 0 aromatic heterocycles. The second-order valence-corrected chi connectivity index (χ2v) is 16.9. The van der Waals surface area contributed by atoms with E-state index in [0.29, 0.717) is 19.3 Å². The number of aliphatic hydroxyl groups is 2. The van der Waals surface area contributed by atoms with Gasteiger partial charge in [0, 0.05) is 6.42 Å². The van der Waals surface area contributed by atoms with Gasteiger partial charge in [-0.3, -0.25) is 9.59 Å². The smallest absolute Gasteiger partial charge is 0.306 e. The van der Waals surface area contributed by atoms with E-state index in [1.165, 1.54) is 64.2 Å². The van der Waals surface area contributed by atoms with Gasteiger partial charge in [0.1, 0.15) is 6.10 Å². The first-order valence-electron chi connectivity index (χ1n) is 25.8. The summed E-state index contributed by atoms with van der Waals surface area (Å²) in [5.74, 6) is -0.591. The zero-order valence-electron chi connectivity index (χ0n) is 41.1. The first-order valence-corrected chi connectivity index (χ1v) is 25.8. The number of carbonyl (C=O) groups is 2. The number of carbonyl (C=O) groups excluding carboxylic acids is 2. The largest absolute Gasteiger partial charge is 0.462 e. The molecule has 0 rings (SSSR count). The third kappa shape index (κ3) is 44.9. The summed E-state index contributed by atoms with van der Waals surface area (Å²) in [6, 6.07) is -0.737. The first-order chi connectivity index (χ1) is 31.5. The van der Waals surface area contributed by atoms with Crippen molar-refractivity contribution in [3.63, 3.8) is 0 Å². The third-order valence-corrected chi connectivity index (χ3v) is 10.9. The van der Waals surface area contributed by atoms with Gasteiger partial charge >= 0.3 is 5.97 Å². The minimum atomic E-state index is -0.818. The van der Waals surface area contributed by atoms with Gasteiger partial charge in [-0.15, -0.1) is 0 Å². The second kappa shape index (κ2) is 50.3. The molecule has 64 heavy (non-hydrogen) atoms. The van der Waals surface area contributed by atoms with Crippen molar-refractivity contribution in [1.82, 2.24) is 5.32 Å². The molecule has 0 aromatic carbocycles. The molecule has 0 heterocycles. The Morgan fingerprint density at radius 1 is 0.484 bits per heavy atom. The quantitative estimate of drug-likeness (QED) is 0.0245. The van der Waals surface area contributed by atoms with Gasteiger partial charge in [0.05, 0.1) is 25.2 Å². The van der Waals surface area contributed by atoms with E-state index in [1.807, 2.05) is 42.5 Å². The lowest BCUT2D eigenvalue weighted by atomic mass is 10.0. The third-order valence-electron chi connectivity index (χ3n) is 10.9. The van der Waals surface area contributed by atoms with Crippen LogP contribution in [-0.2, 0) is 14.3 Å². The predicted molar refractivity (Wildman–Crippen MR) is 277 cm³/mol. The SMILES string of the molecule is CC/C=C\C/C=C\C/C=C\C/C=C\C/C=C\CCCC(CC(=O)NC(CO)C(O)CCCCCCCCCCCCCCC)OC(=O)CCCCC/C=C/C=C\C=C/C=C/C=C/CC. The van der Waals surface area contributed by atoms with Gasteiger partial charge in [-0.2, -0.15) is 0 Å². The van der Waals surface area contributed by atoms with Gasteiger partial charge in [-0.25, -0.2) is 0 Å². The maximum absolute atomic E-state index is 13.2. The highest BCUT2D eigenvalue weighted by molar-refractivity contribution is 5.77. The molecule has 0 aromatic rings. The average molecular weight is 886 g/mol. The maximum atomic E-state index is 13.2. The zero-order chi connectivity index (χ0) is 46.7. The molecule has 3 unspecified atom stereocenters. The average Bonchev–Trinajstić information content (AvgIpc) is 3.29. The van der Waals surface area contributed by atoms with E-state index < -0.39 is 18.2 Å². The molecule has 6 nitrogen and oxygen atoms in total. The molecule has 0 saturated heterocycles. The summed E-state index contributed by atoms with van der Waals surface area (Å²) in [6.07, 6.45) is 69.7. The Labute approximate surface area is 393 Å². The lowest BCUT2D eigenvalue weighted by Gasteiger charge is -2.24. The molecule has 0 saturated carbocycles. The van der Waals surface area contributed by atoms with E-state index >= 15 is 0 Å². The Balaban J connectivity index is 4.81. The highest BCUT2D eigenvalue weighted by atomic mass is 16.5. The summed E-state index contributed by atoms with van der Waals surface area (Å²) in [5, 5.41) is 23.8. The summed E-state index contributed by atoms with van der Waals surface area (Å²) in [4.78, 5) is 26.1. The number of allylic oxidation sites excluding steroid dienone is 20. The fourth-order valence-corrected chi connectivity index (χ4v) is 7.07. The van der Waals surface area contributed by atoms with Crippen molar-refractivity contribution >= 4 is 11.9 Å². The number of hydrogen-bond donors (Lipinski definition) is 3. The molecule has 1 amide bonds. The molecular weight excluding hydrogens is 791 g/mol. The van der Waals surface area contributed by atoms with Crippen molar-refractivity contribution in [2.24, 2.45) is 0 Å². The lowest BCUT2D eigenvalue weighted by molar-refractivity contribution is -0.151. The van der Waals surface area contributed by atoms with Crippen LogP contribution in [0.15, 0.2) is 122 Å². The summed E-state index contributed by atoms with van der Waals surface area (Å²) >= 11 is 0. The summed E-state index contributed by atoms with van der Waals surface area (Å²) in [7, 11) is 0. The van der Waals surface area contributed by atoms with Gasteiger partial charge < -0.3 is 20.3 Å². The first kappa shape index (κ1) is 60.3. The van der Waals surface area contributed by atoms with Crippen molar-refractivity contribution in [3.05, 3.63) is 122 Å². The number of esters is 1. The molecule has 0 radical (unpaired) electrons. The van der Waals surface area contributed by atoms with Crippen molar-refractivity contribution in [2.75, 3.05) is 6.61 Å². The molecule has 0 spiro atoms. The molecule has 0 aliphatic heterocycles. The van der Waals surface area contributed by atoms with Crippen LogP contribution in [0.4, 0.5) is 0 Å². The Morgan fingerprint density at radius 2 is 0.938 bits per heavy atom. The van der Waals surface area contributed by atoms with Crippen molar-refractivity contribution in [3.8, 4) is 0 Å². The van der Waals surface area contributed by atoms with Crippen molar-refractivity contribution in [1.29, 1.82) is 0 Å². The van der Waals surface area contributed by atoms with Gasteiger partial charge in [-0.1, -0.05) is 232 Å². The van der Waals surface area contributed by atoms with Gasteiger partial charge in [-0.05, 0) is 83.5 Å². The molecule has 0 aliphatic rings. The summed E-state index contributed by atoms with van der Waals surface area (Å²) in [6.45, 7) is 6.19. The Kier molecular flexibility index (Phi) is 47.3. The summed E-state index contributed by atoms with van der Waals surface area (Å²) < 4.78 is 5.89. The van der Waals surface area contributed by atoms with Gasteiger partial charge in [0.25, 0.3) is 0 Å². The van der Waals surface area contributed by atoms with Gasteiger partial charge in [0.2, 0.25) is 5.91 Å². The zero-order valence-corrected chi connectivity index (χ0v) is 41.1. The highest BCUT2D eigenvalue weighted by Gasteiger charge is 2.24. The van der Waals surface area contributed by atoms with Crippen LogP contribution in [0.25, 0.3) is 0 Å². The Hall–Kier alpha value is -3.74. The fraction of sp³-hybridized carbons (Fsp3) is 0.621. The predicted octanol–water partition coefficient (Wildman–Crippen LogP) is 15.7. The topological polar surface area (TPSA) is 95.9 Å². The minimum Gasteiger partial charge on any atom is -0.462 e. The minimum absolute atomic E-state index is 0.0130. The number of rotatable bonds is 44. The molecule has 3 N–H and O–H groups in total. The van der Waals surface area contributed by atoms with Crippen LogP contribution in [0.5, 0.6) is 0 Å². The van der Waals surface area contributed by atoms with E-state index in [-0.39, 0.29) is 24.9 Å². The van der Waals surface area contributed by atoms with Crippen LogP contribution in [0.2, 0.25) is 0 Å². The number of hydrogen-bond acceptors (Lipinski definition) is 5. The monoisotopic (exact) mass is 886 g/mol. The Morgan fingerprint density at radius 3 is 1.47 bits per heavy atom. The van der Waals surface area contributed by atoms with Crippen LogP contribution in [-0.4, -0.2) is 46.9 Å². The van der Waals surface area contributed by atoms with Crippen LogP contribution in [0.1, 0.15) is 207 Å². The Bertz CT molecular complexity index is 1360.